The lowest BCUT2D eigenvalue weighted by molar-refractivity contribution is 0.101. The van der Waals surface area contributed by atoms with Gasteiger partial charge >= 0.3 is 0 Å². The van der Waals surface area contributed by atoms with Gasteiger partial charge in [0.1, 0.15) is 5.82 Å². The van der Waals surface area contributed by atoms with Gasteiger partial charge in [0, 0.05) is 37.8 Å². The first-order chi connectivity index (χ1) is 10.3. The van der Waals surface area contributed by atoms with Gasteiger partial charge in [-0.1, -0.05) is 31.4 Å². The molecule has 0 spiro atoms. The van der Waals surface area contributed by atoms with Crippen LogP contribution in [0.15, 0.2) is 18.2 Å². The first-order valence-corrected chi connectivity index (χ1v) is 8.46. The van der Waals surface area contributed by atoms with E-state index in [1.54, 1.807) is 6.07 Å². The van der Waals surface area contributed by atoms with Gasteiger partial charge in [-0.2, -0.15) is 0 Å². The van der Waals surface area contributed by atoms with Crippen LogP contribution in [-0.2, 0) is 0 Å². The van der Waals surface area contributed by atoms with Crippen LogP contribution in [0.5, 0.6) is 0 Å². The maximum atomic E-state index is 14.6. The van der Waals surface area contributed by atoms with Gasteiger partial charge < -0.3 is 5.32 Å². The molecule has 2 fully saturated rings. The topological polar surface area (TPSA) is 15.3 Å². The van der Waals surface area contributed by atoms with Crippen molar-refractivity contribution in [3.8, 4) is 0 Å². The molecular weight excluding hydrogens is 334 g/mol. The standard InChI is InChI=1S/C18H27FN2.2ClH/c1-14-7-8-16(17(19)13-14)18(15-5-3-2-4-6-15)21-11-9-20-10-12-21;;/h7-8,13,15,18,20H,2-6,9-12H2,1H3;2*1H/t18-;;/m1../s1. The Balaban J connectivity index is 0.00000132. The van der Waals surface area contributed by atoms with E-state index in [9.17, 15) is 4.39 Å². The molecular formula is C18H29Cl2FN2. The highest BCUT2D eigenvalue weighted by molar-refractivity contribution is 5.85. The van der Waals surface area contributed by atoms with Crippen LogP contribution < -0.4 is 5.32 Å². The molecule has 2 nitrogen and oxygen atoms in total. The van der Waals surface area contributed by atoms with E-state index in [1.807, 2.05) is 13.0 Å². The van der Waals surface area contributed by atoms with Crippen LogP contribution in [0.1, 0.15) is 49.3 Å². The zero-order valence-electron chi connectivity index (χ0n) is 13.9. The maximum absolute atomic E-state index is 14.6. The lowest BCUT2D eigenvalue weighted by atomic mass is 9.80. The number of benzene rings is 1. The summed E-state index contributed by atoms with van der Waals surface area (Å²) in [7, 11) is 0. The highest BCUT2D eigenvalue weighted by atomic mass is 35.5. The fourth-order valence-electron chi connectivity index (χ4n) is 4.03. The van der Waals surface area contributed by atoms with Crippen molar-refractivity contribution in [3.05, 3.63) is 35.1 Å². The van der Waals surface area contributed by atoms with E-state index in [0.29, 0.717) is 5.92 Å². The molecule has 1 heterocycles. The number of hydrogen-bond acceptors (Lipinski definition) is 2. The zero-order valence-corrected chi connectivity index (χ0v) is 15.5. The van der Waals surface area contributed by atoms with Crippen LogP contribution in [-0.4, -0.2) is 31.1 Å². The Morgan fingerprint density at radius 1 is 1.09 bits per heavy atom. The second-order valence-corrected chi connectivity index (χ2v) is 6.65. The van der Waals surface area contributed by atoms with Crippen LogP contribution in [0.2, 0.25) is 0 Å². The number of rotatable bonds is 3. The zero-order chi connectivity index (χ0) is 14.7. The lowest BCUT2D eigenvalue weighted by Gasteiger charge is -2.41. The van der Waals surface area contributed by atoms with Crippen molar-refractivity contribution in [1.29, 1.82) is 0 Å². The fraction of sp³-hybridized carbons (Fsp3) is 0.667. The number of nitrogens with zero attached hydrogens (tertiary/aromatic N) is 1. The Labute approximate surface area is 152 Å². The molecule has 0 bridgehead atoms. The SMILES string of the molecule is Cc1ccc([C@@H](C2CCCCC2)N2CCNCC2)c(F)c1.Cl.Cl. The van der Waals surface area contributed by atoms with E-state index in [1.165, 1.54) is 32.1 Å². The van der Waals surface area contributed by atoms with Crippen molar-refractivity contribution in [2.45, 2.75) is 45.1 Å². The molecule has 1 atom stereocenters. The van der Waals surface area contributed by atoms with Crippen LogP contribution in [0, 0.1) is 18.7 Å². The summed E-state index contributed by atoms with van der Waals surface area (Å²) in [6.45, 7) is 6.09. The summed E-state index contributed by atoms with van der Waals surface area (Å²) in [4.78, 5) is 2.51. The normalized spacial score (nSPS) is 21.1. The molecule has 5 heteroatoms. The van der Waals surface area contributed by atoms with E-state index in [4.69, 9.17) is 0 Å². The lowest BCUT2D eigenvalue weighted by Crippen LogP contribution is -2.47. The van der Waals surface area contributed by atoms with Gasteiger partial charge in [0.25, 0.3) is 0 Å². The summed E-state index contributed by atoms with van der Waals surface area (Å²) in [5.41, 5.74) is 1.94. The molecule has 0 radical (unpaired) electrons. The minimum absolute atomic E-state index is 0. The summed E-state index contributed by atoms with van der Waals surface area (Å²) in [6, 6.07) is 6.07. The largest absolute Gasteiger partial charge is 0.314 e. The smallest absolute Gasteiger partial charge is 0.128 e. The summed E-state index contributed by atoms with van der Waals surface area (Å²) < 4.78 is 14.6. The van der Waals surface area contributed by atoms with Gasteiger partial charge in [0.15, 0.2) is 0 Å². The molecule has 23 heavy (non-hydrogen) atoms. The van der Waals surface area contributed by atoms with Gasteiger partial charge in [-0.15, -0.1) is 24.8 Å². The van der Waals surface area contributed by atoms with Crippen molar-refractivity contribution in [1.82, 2.24) is 10.2 Å². The molecule has 2 aliphatic rings. The van der Waals surface area contributed by atoms with Gasteiger partial charge in [-0.3, -0.25) is 4.90 Å². The minimum Gasteiger partial charge on any atom is -0.314 e. The molecule has 1 aliphatic heterocycles. The van der Waals surface area contributed by atoms with Crippen LogP contribution in [0.4, 0.5) is 4.39 Å². The van der Waals surface area contributed by atoms with Crippen LogP contribution in [0.25, 0.3) is 0 Å². The van der Waals surface area contributed by atoms with Crippen LogP contribution >= 0.6 is 24.8 Å². The van der Waals surface area contributed by atoms with Crippen molar-refractivity contribution < 1.29 is 4.39 Å². The number of piperazine rings is 1. The van der Waals surface area contributed by atoms with Crippen molar-refractivity contribution in [2.75, 3.05) is 26.2 Å². The highest BCUT2D eigenvalue weighted by Crippen LogP contribution is 2.39. The molecule has 3 rings (SSSR count). The number of halogens is 3. The number of hydrogen-bond donors (Lipinski definition) is 1. The molecule has 1 aromatic rings. The molecule has 132 valence electrons. The van der Waals surface area contributed by atoms with Crippen molar-refractivity contribution >= 4 is 24.8 Å². The second kappa shape index (κ2) is 9.83. The number of nitrogens with one attached hydrogen (secondary N) is 1. The Hall–Kier alpha value is -0.350. The van der Waals surface area contributed by atoms with E-state index < -0.39 is 0 Å². The van der Waals surface area contributed by atoms with E-state index >= 15 is 0 Å². The maximum Gasteiger partial charge on any atom is 0.128 e. The van der Waals surface area contributed by atoms with Gasteiger partial charge in [0.2, 0.25) is 0 Å². The molecule has 1 N–H and O–H groups in total. The minimum atomic E-state index is -0.0101. The molecule has 1 aromatic carbocycles. The van der Waals surface area contributed by atoms with Gasteiger partial charge in [-0.05, 0) is 37.3 Å². The Bertz CT molecular complexity index is 454. The Morgan fingerprint density at radius 2 is 1.74 bits per heavy atom. The summed E-state index contributed by atoms with van der Waals surface area (Å²) in [5, 5.41) is 3.41. The molecule has 1 aliphatic carbocycles. The van der Waals surface area contributed by atoms with E-state index in [0.717, 1.165) is 37.3 Å². The van der Waals surface area contributed by atoms with Crippen molar-refractivity contribution in [3.63, 3.8) is 0 Å². The molecule has 1 saturated carbocycles. The average Bonchev–Trinajstić information content (AvgIpc) is 2.52. The van der Waals surface area contributed by atoms with E-state index in [-0.39, 0.29) is 36.7 Å². The first kappa shape index (κ1) is 20.7. The number of aryl methyl sites for hydroxylation is 1. The predicted octanol–water partition coefficient (Wildman–Crippen LogP) is 4.50. The fourth-order valence-corrected chi connectivity index (χ4v) is 4.03. The van der Waals surface area contributed by atoms with Crippen molar-refractivity contribution in [2.24, 2.45) is 5.92 Å². The summed E-state index contributed by atoms with van der Waals surface area (Å²) in [5.74, 6) is 0.609. The third-order valence-electron chi connectivity index (χ3n) is 5.12. The van der Waals surface area contributed by atoms with E-state index in [2.05, 4.69) is 16.3 Å². The third kappa shape index (κ3) is 5.06. The van der Waals surface area contributed by atoms with Gasteiger partial charge in [0.05, 0.1) is 0 Å². The highest BCUT2D eigenvalue weighted by Gasteiger charge is 2.32. The second-order valence-electron chi connectivity index (χ2n) is 6.65. The summed E-state index contributed by atoms with van der Waals surface area (Å²) in [6.07, 6.45) is 6.46. The predicted molar refractivity (Wildman–Crippen MR) is 99.4 cm³/mol. The molecule has 0 amide bonds. The molecule has 0 unspecified atom stereocenters. The quantitative estimate of drug-likeness (QED) is 0.850. The molecule has 1 saturated heterocycles. The average molecular weight is 363 g/mol. The molecule has 0 aromatic heterocycles. The third-order valence-corrected chi connectivity index (χ3v) is 5.12. The van der Waals surface area contributed by atoms with Gasteiger partial charge in [-0.25, -0.2) is 4.39 Å². The Kier molecular flexibility index (Phi) is 8.84. The van der Waals surface area contributed by atoms with Crippen LogP contribution in [0.3, 0.4) is 0 Å². The summed E-state index contributed by atoms with van der Waals surface area (Å²) >= 11 is 0. The first-order valence-electron chi connectivity index (χ1n) is 8.46. The monoisotopic (exact) mass is 362 g/mol. The Morgan fingerprint density at radius 3 is 2.35 bits per heavy atom.